The molecule has 0 aromatic heterocycles. The Labute approximate surface area is 127 Å². The maximum absolute atomic E-state index is 12.9. The summed E-state index contributed by atoms with van der Waals surface area (Å²) < 4.78 is 12.9. The van der Waals surface area contributed by atoms with Gasteiger partial charge in [0, 0.05) is 5.56 Å². The van der Waals surface area contributed by atoms with E-state index in [1.54, 1.807) is 13.0 Å². The number of ketones is 1. The second-order valence-electron chi connectivity index (χ2n) is 5.24. The van der Waals surface area contributed by atoms with Crippen molar-refractivity contribution < 1.29 is 14.0 Å². The average Bonchev–Trinajstić information content (AvgIpc) is 2.52. The SMILES string of the molecule is CC1Nc2ccccc2N(CC(=O)c2ccc(F)cc2)C1=O. The lowest BCUT2D eigenvalue weighted by atomic mass is 10.1. The number of nitrogens with one attached hydrogen (secondary N) is 1. The van der Waals surface area contributed by atoms with Crippen LogP contribution in [0.5, 0.6) is 0 Å². The van der Waals surface area contributed by atoms with E-state index in [2.05, 4.69) is 5.32 Å². The zero-order valence-corrected chi connectivity index (χ0v) is 12.0. The summed E-state index contributed by atoms with van der Waals surface area (Å²) in [5, 5.41) is 3.11. The molecule has 2 aromatic rings. The van der Waals surface area contributed by atoms with Crippen molar-refractivity contribution in [3.8, 4) is 0 Å². The molecule has 1 unspecified atom stereocenters. The second-order valence-corrected chi connectivity index (χ2v) is 5.24. The topological polar surface area (TPSA) is 49.4 Å². The molecule has 112 valence electrons. The summed E-state index contributed by atoms with van der Waals surface area (Å²) in [6.07, 6.45) is 0. The molecule has 1 atom stereocenters. The highest BCUT2D eigenvalue weighted by Gasteiger charge is 2.30. The van der Waals surface area contributed by atoms with Gasteiger partial charge in [-0.15, -0.1) is 0 Å². The highest BCUT2D eigenvalue weighted by molar-refractivity contribution is 6.10. The van der Waals surface area contributed by atoms with Crippen LogP contribution in [0.15, 0.2) is 48.5 Å². The number of hydrogen-bond donors (Lipinski definition) is 1. The Morgan fingerprint density at radius 2 is 1.86 bits per heavy atom. The first-order valence-corrected chi connectivity index (χ1v) is 7.02. The van der Waals surface area contributed by atoms with Gasteiger partial charge in [-0.3, -0.25) is 9.59 Å². The highest BCUT2D eigenvalue weighted by Crippen LogP contribution is 2.31. The van der Waals surface area contributed by atoms with Crippen LogP contribution in [0.4, 0.5) is 15.8 Å². The fraction of sp³-hybridized carbons (Fsp3) is 0.176. The van der Waals surface area contributed by atoms with E-state index >= 15 is 0 Å². The number of halogens is 1. The van der Waals surface area contributed by atoms with E-state index in [1.807, 2.05) is 18.2 Å². The maximum atomic E-state index is 12.9. The van der Waals surface area contributed by atoms with Crippen molar-refractivity contribution in [2.45, 2.75) is 13.0 Å². The lowest BCUT2D eigenvalue weighted by Gasteiger charge is -2.33. The van der Waals surface area contributed by atoms with Gasteiger partial charge in [0.25, 0.3) is 0 Å². The van der Waals surface area contributed by atoms with E-state index in [-0.39, 0.29) is 18.2 Å². The molecule has 1 aliphatic heterocycles. The van der Waals surface area contributed by atoms with Gasteiger partial charge in [0.2, 0.25) is 5.91 Å². The fourth-order valence-electron chi connectivity index (χ4n) is 2.51. The van der Waals surface area contributed by atoms with Crippen molar-refractivity contribution in [3.63, 3.8) is 0 Å². The Kier molecular flexibility index (Phi) is 3.63. The van der Waals surface area contributed by atoms with Gasteiger partial charge in [0.1, 0.15) is 11.9 Å². The number of carbonyl (C=O) groups excluding carboxylic acids is 2. The number of para-hydroxylation sites is 2. The summed E-state index contributed by atoms with van der Waals surface area (Å²) in [6, 6.07) is 12.3. The quantitative estimate of drug-likeness (QED) is 0.886. The highest BCUT2D eigenvalue weighted by atomic mass is 19.1. The molecule has 0 bridgehead atoms. The second kappa shape index (κ2) is 5.60. The molecule has 1 heterocycles. The first kappa shape index (κ1) is 14.3. The van der Waals surface area contributed by atoms with Crippen LogP contribution >= 0.6 is 0 Å². The Bertz CT molecular complexity index is 728. The van der Waals surface area contributed by atoms with Crippen LogP contribution in [-0.2, 0) is 4.79 Å². The van der Waals surface area contributed by atoms with Gasteiger partial charge in [-0.05, 0) is 43.3 Å². The molecule has 0 saturated heterocycles. The first-order valence-electron chi connectivity index (χ1n) is 7.02. The van der Waals surface area contributed by atoms with Crippen LogP contribution in [-0.4, -0.2) is 24.3 Å². The van der Waals surface area contributed by atoms with Crippen molar-refractivity contribution in [2.24, 2.45) is 0 Å². The zero-order valence-electron chi connectivity index (χ0n) is 12.0. The molecule has 0 fully saturated rings. The number of carbonyl (C=O) groups is 2. The minimum Gasteiger partial charge on any atom is -0.372 e. The zero-order chi connectivity index (χ0) is 15.7. The van der Waals surface area contributed by atoms with Crippen molar-refractivity contribution in [3.05, 3.63) is 59.9 Å². The molecule has 0 radical (unpaired) electrons. The van der Waals surface area contributed by atoms with Crippen LogP contribution in [0, 0.1) is 5.82 Å². The number of hydrogen-bond acceptors (Lipinski definition) is 3. The van der Waals surface area contributed by atoms with Crippen molar-refractivity contribution in [2.75, 3.05) is 16.8 Å². The molecule has 22 heavy (non-hydrogen) atoms. The van der Waals surface area contributed by atoms with Crippen LogP contribution in [0.2, 0.25) is 0 Å². The largest absolute Gasteiger partial charge is 0.372 e. The minimum absolute atomic E-state index is 0.0620. The molecule has 0 saturated carbocycles. The third-order valence-corrected chi connectivity index (χ3v) is 3.67. The Morgan fingerprint density at radius 3 is 2.59 bits per heavy atom. The number of Topliss-reactive ketones (excluding diaryl/α,β-unsaturated/α-hetero) is 1. The van der Waals surface area contributed by atoms with E-state index in [4.69, 9.17) is 0 Å². The van der Waals surface area contributed by atoms with Crippen molar-refractivity contribution in [1.29, 1.82) is 0 Å². The number of nitrogens with zero attached hydrogens (tertiary/aromatic N) is 1. The number of amides is 1. The van der Waals surface area contributed by atoms with Gasteiger partial charge in [-0.25, -0.2) is 4.39 Å². The lowest BCUT2D eigenvalue weighted by molar-refractivity contribution is -0.119. The van der Waals surface area contributed by atoms with Crippen LogP contribution in [0.25, 0.3) is 0 Å². The average molecular weight is 298 g/mol. The molecular weight excluding hydrogens is 283 g/mol. The predicted molar refractivity (Wildman–Crippen MR) is 82.6 cm³/mol. The molecule has 0 aliphatic carbocycles. The number of rotatable bonds is 3. The smallest absolute Gasteiger partial charge is 0.249 e. The summed E-state index contributed by atoms with van der Waals surface area (Å²) in [6.45, 7) is 1.70. The lowest BCUT2D eigenvalue weighted by Crippen LogP contribution is -2.47. The molecule has 1 amide bonds. The minimum atomic E-state index is -0.395. The number of fused-ring (bicyclic) bond motifs is 1. The predicted octanol–water partition coefficient (Wildman–Crippen LogP) is 2.86. The van der Waals surface area contributed by atoms with E-state index < -0.39 is 11.9 Å². The number of benzene rings is 2. The standard InChI is InChI=1S/C17H15FN2O2/c1-11-17(22)20(15-5-3-2-4-14(15)19-11)10-16(21)12-6-8-13(18)9-7-12/h2-9,11,19H,10H2,1H3. The van der Waals surface area contributed by atoms with E-state index in [0.29, 0.717) is 11.3 Å². The summed E-state index contributed by atoms with van der Waals surface area (Å²) in [5.74, 6) is -0.778. The molecule has 5 heteroatoms. The number of anilines is 2. The van der Waals surface area contributed by atoms with Gasteiger partial charge in [-0.2, -0.15) is 0 Å². The summed E-state index contributed by atoms with van der Waals surface area (Å²) in [4.78, 5) is 26.2. The Morgan fingerprint density at radius 1 is 1.18 bits per heavy atom. The van der Waals surface area contributed by atoms with Crippen molar-refractivity contribution >= 4 is 23.1 Å². The molecule has 4 nitrogen and oxygen atoms in total. The third-order valence-electron chi connectivity index (χ3n) is 3.67. The summed E-state index contributed by atoms with van der Waals surface area (Å²) in [7, 11) is 0. The fourth-order valence-corrected chi connectivity index (χ4v) is 2.51. The maximum Gasteiger partial charge on any atom is 0.249 e. The normalized spacial score (nSPS) is 16.9. The molecule has 0 spiro atoms. The van der Waals surface area contributed by atoms with Crippen LogP contribution in [0.1, 0.15) is 17.3 Å². The van der Waals surface area contributed by atoms with Gasteiger partial charge in [-0.1, -0.05) is 12.1 Å². The van der Waals surface area contributed by atoms with Crippen LogP contribution in [0.3, 0.4) is 0 Å². The van der Waals surface area contributed by atoms with Gasteiger partial charge >= 0.3 is 0 Å². The van der Waals surface area contributed by atoms with Crippen molar-refractivity contribution in [1.82, 2.24) is 0 Å². The Balaban J connectivity index is 1.89. The Hall–Kier alpha value is -2.69. The van der Waals surface area contributed by atoms with Gasteiger partial charge < -0.3 is 10.2 Å². The van der Waals surface area contributed by atoms with E-state index in [9.17, 15) is 14.0 Å². The molecular formula is C17H15FN2O2. The van der Waals surface area contributed by atoms with E-state index in [1.165, 1.54) is 29.2 Å². The third kappa shape index (κ3) is 2.57. The molecule has 2 aromatic carbocycles. The molecule has 3 rings (SSSR count). The van der Waals surface area contributed by atoms with Crippen LogP contribution < -0.4 is 10.2 Å². The van der Waals surface area contributed by atoms with Gasteiger partial charge in [0.05, 0.1) is 17.9 Å². The molecule has 1 aliphatic rings. The summed E-state index contributed by atoms with van der Waals surface area (Å²) in [5.41, 5.74) is 1.89. The monoisotopic (exact) mass is 298 g/mol. The summed E-state index contributed by atoms with van der Waals surface area (Å²) >= 11 is 0. The van der Waals surface area contributed by atoms with Gasteiger partial charge in [0.15, 0.2) is 5.78 Å². The first-order chi connectivity index (χ1) is 10.6. The van der Waals surface area contributed by atoms with E-state index in [0.717, 1.165) is 5.69 Å². The molecule has 1 N–H and O–H groups in total.